The third kappa shape index (κ3) is 4.35. The van der Waals surface area contributed by atoms with E-state index >= 15 is 0 Å². The zero-order valence-electron chi connectivity index (χ0n) is 15.6. The minimum absolute atomic E-state index is 0.140. The van der Waals surface area contributed by atoms with E-state index in [1.807, 2.05) is 0 Å². The standard InChI is InChI=1S/C17H16N8O4S/c1-10-14(16(27)25(23-10)15(26)11-6-8-20-9-7-11)22-21-12-2-4-13(5-3-12)30(28,29)24-17(18)19/h2-9,14H,1H3,(H4,18,19,24). The van der Waals surface area contributed by atoms with E-state index in [2.05, 4.69) is 24.7 Å². The summed E-state index contributed by atoms with van der Waals surface area (Å²) in [6, 6.07) is 7.08. The number of amides is 2. The number of benzene rings is 1. The molecule has 3 rings (SSSR count). The van der Waals surface area contributed by atoms with Crippen LogP contribution in [0.25, 0.3) is 0 Å². The highest BCUT2D eigenvalue weighted by molar-refractivity contribution is 7.90. The molecule has 1 aromatic heterocycles. The maximum Gasteiger partial charge on any atom is 0.285 e. The summed E-state index contributed by atoms with van der Waals surface area (Å²) in [5.41, 5.74) is 11.0. The number of aromatic nitrogens is 1. The number of pyridine rings is 1. The van der Waals surface area contributed by atoms with E-state index < -0.39 is 33.8 Å². The number of hydrogen-bond donors (Lipinski definition) is 2. The first-order chi connectivity index (χ1) is 14.2. The summed E-state index contributed by atoms with van der Waals surface area (Å²) in [7, 11) is -4.02. The van der Waals surface area contributed by atoms with Gasteiger partial charge in [0.05, 0.1) is 16.3 Å². The number of hydrogen-bond acceptors (Lipinski definition) is 8. The maximum absolute atomic E-state index is 12.5. The van der Waals surface area contributed by atoms with Crippen LogP contribution in [0.3, 0.4) is 0 Å². The average Bonchev–Trinajstić information content (AvgIpc) is 2.99. The van der Waals surface area contributed by atoms with Gasteiger partial charge in [-0.1, -0.05) is 0 Å². The van der Waals surface area contributed by atoms with Gasteiger partial charge in [0.25, 0.3) is 21.8 Å². The van der Waals surface area contributed by atoms with Crippen LogP contribution in [-0.4, -0.2) is 47.9 Å². The lowest BCUT2D eigenvalue weighted by atomic mass is 10.2. The molecule has 0 radical (unpaired) electrons. The van der Waals surface area contributed by atoms with Crippen LogP contribution in [0.2, 0.25) is 0 Å². The van der Waals surface area contributed by atoms with Crippen molar-refractivity contribution in [3.05, 3.63) is 54.4 Å². The Morgan fingerprint density at radius 2 is 1.73 bits per heavy atom. The Morgan fingerprint density at radius 3 is 2.33 bits per heavy atom. The van der Waals surface area contributed by atoms with Crippen LogP contribution < -0.4 is 11.5 Å². The summed E-state index contributed by atoms with van der Waals surface area (Å²) in [5.74, 6) is -1.84. The first kappa shape index (κ1) is 20.7. The molecule has 0 fully saturated rings. The van der Waals surface area contributed by atoms with E-state index in [-0.39, 0.29) is 21.9 Å². The molecule has 0 spiro atoms. The zero-order valence-corrected chi connectivity index (χ0v) is 16.4. The number of nitrogens with two attached hydrogens (primary N) is 2. The van der Waals surface area contributed by atoms with Crippen molar-refractivity contribution in [2.75, 3.05) is 0 Å². The highest BCUT2D eigenvalue weighted by atomic mass is 32.2. The molecule has 2 aromatic rings. The smallest absolute Gasteiger partial charge is 0.285 e. The Hall–Kier alpha value is -4.00. The fourth-order valence-corrected chi connectivity index (χ4v) is 3.32. The molecule has 13 heteroatoms. The number of guanidine groups is 1. The monoisotopic (exact) mass is 428 g/mol. The second kappa shape index (κ2) is 8.16. The van der Waals surface area contributed by atoms with Gasteiger partial charge in [0.2, 0.25) is 5.96 Å². The number of nitrogens with zero attached hydrogens (tertiary/aromatic N) is 6. The highest BCUT2D eigenvalue weighted by Gasteiger charge is 2.38. The van der Waals surface area contributed by atoms with Gasteiger partial charge in [-0.2, -0.15) is 28.8 Å². The van der Waals surface area contributed by atoms with Crippen molar-refractivity contribution in [3.63, 3.8) is 0 Å². The largest absolute Gasteiger partial charge is 0.369 e. The van der Waals surface area contributed by atoms with E-state index in [0.717, 1.165) is 5.01 Å². The molecule has 0 bridgehead atoms. The molecule has 1 aliphatic heterocycles. The molecule has 2 amide bonds. The summed E-state index contributed by atoms with van der Waals surface area (Å²) in [6.07, 6.45) is 2.86. The van der Waals surface area contributed by atoms with Crippen molar-refractivity contribution in [1.29, 1.82) is 0 Å². The molecule has 1 aromatic carbocycles. The van der Waals surface area contributed by atoms with Crippen molar-refractivity contribution >= 4 is 39.2 Å². The van der Waals surface area contributed by atoms with E-state index in [0.29, 0.717) is 0 Å². The summed E-state index contributed by atoms with van der Waals surface area (Å²) in [6.45, 7) is 1.55. The summed E-state index contributed by atoms with van der Waals surface area (Å²) in [4.78, 5) is 28.7. The van der Waals surface area contributed by atoms with Crippen LogP contribution in [0.1, 0.15) is 17.3 Å². The minimum atomic E-state index is -4.02. The first-order valence-electron chi connectivity index (χ1n) is 8.39. The SMILES string of the molecule is CC1=NN(C(=O)c2ccncc2)C(=O)C1N=Nc1ccc(S(=O)(=O)N=C(N)N)cc1. The van der Waals surface area contributed by atoms with Crippen molar-refractivity contribution in [3.8, 4) is 0 Å². The molecular formula is C17H16N8O4S. The number of sulfonamides is 1. The van der Waals surface area contributed by atoms with Crippen LogP contribution in [0.5, 0.6) is 0 Å². The number of imide groups is 1. The van der Waals surface area contributed by atoms with Gasteiger partial charge in [-0.3, -0.25) is 14.6 Å². The normalized spacial score (nSPS) is 16.6. The van der Waals surface area contributed by atoms with Gasteiger partial charge in [0, 0.05) is 18.0 Å². The number of carbonyl (C=O) groups is 2. The summed E-state index contributed by atoms with van der Waals surface area (Å²) < 4.78 is 27.0. The van der Waals surface area contributed by atoms with Gasteiger partial charge in [0.15, 0.2) is 6.04 Å². The Balaban J connectivity index is 1.75. The summed E-state index contributed by atoms with van der Waals surface area (Å²) in [5, 5.41) is 12.6. The molecule has 0 aliphatic carbocycles. The predicted octanol–water partition coefficient (Wildman–Crippen LogP) is 0.554. The molecule has 1 unspecified atom stereocenters. The molecule has 12 nitrogen and oxygen atoms in total. The highest BCUT2D eigenvalue weighted by Crippen LogP contribution is 2.21. The molecule has 4 N–H and O–H groups in total. The van der Waals surface area contributed by atoms with Crippen LogP contribution in [0, 0.1) is 0 Å². The number of rotatable bonds is 5. The second-order valence-electron chi connectivity index (χ2n) is 6.04. The Kier molecular flexibility index (Phi) is 5.64. The molecule has 30 heavy (non-hydrogen) atoms. The molecule has 154 valence electrons. The van der Waals surface area contributed by atoms with Crippen LogP contribution in [0.15, 0.2) is 73.4 Å². The van der Waals surface area contributed by atoms with Crippen molar-refractivity contribution in [2.24, 2.45) is 31.2 Å². The van der Waals surface area contributed by atoms with Gasteiger partial charge in [-0.25, -0.2) is 0 Å². The van der Waals surface area contributed by atoms with Crippen LogP contribution in [0.4, 0.5) is 5.69 Å². The molecule has 1 atom stereocenters. The first-order valence-corrected chi connectivity index (χ1v) is 9.83. The van der Waals surface area contributed by atoms with Crippen LogP contribution in [-0.2, 0) is 14.8 Å². The molecule has 1 aliphatic rings. The van der Waals surface area contributed by atoms with E-state index in [4.69, 9.17) is 11.5 Å². The lowest BCUT2D eigenvalue weighted by molar-refractivity contribution is -0.127. The second-order valence-corrected chi connectivity index (χ2v) is 7.64. The van der Waals surface area contributed by atoms with Crippen molar-refractivity contribution in [1.82, 2.24) is 9.99 Å². The lowest BCUT2D eigenvalue weighted by Gasteiger charge is -2.10. The third-order valence-corrected chi connectivity index (χ3v) is 5.18. The van der Waals surface area contributed by atoms with Gasteiger partial charge < -0.3 is 11.5 Å². The number of hydrazone groups is 1. The van der Waals surface area contributed by atoms with E-state index in [9.17, 15) is 18.0 Å². The molecule has 2 heterocycles. The van der Waals surface area contributed by atoms with Gasteiger partial charge in [-0.15, -0.1) is 4.40 Å². The Bertz CT molecular complexity index is 1170. The fraction of sp³-hybridized carbons (Fsp3) is 0.118. The summed E-state index contributed by atoms with van der Waals surface area (Å²) >= 11 is 0. The number of carbonyl (C=O) groups excluding carboxylic acids is 2. The average molecular weight is 428 g/mol. The number of azo groups is 1. The minimum Gasteiger partial charge on any atom is -0.369 e. The molecule has 0 saturated heterocycles. The van der Waals surface area contributed by atoms with Crippen LogP contribution >= 0.6 is 0 Å². The van der Waals surface area contributed by atoms with Crippen molar-refractivity contribution < 1.29 is 18.0 Å². The Labute approximate surface area is 171 Å². The maximum atomic E-state index is 12.5. The van der Waals surface area contributed by atoms with Gasteiger partial charge in [-0.05, 0) is 43.3 Å². The van der Waals surface area contributed by atoms with Gasteiger partial charge in [0.1, 0.15) is 0 Å². The van der Waals surface area contributed by atoms with E-state index in [1.165, 1.54) is 48.8 Å². The zero-order chi connectivity index (χ0) is 21.9. The topological polar surface area (TPSA) is 186 Å². The molecular weight excluding hydrogens is 412 g/mol. The molecule has 0 saturated carbocycles. The lowest BCUT2D eigenvalue weighted by Crippen LogP contribution is -2.34. The third-order valence-electron chi connectivity index (χ3n) is 3.86. The quantitative estimate of drug-likeness (QED) is 0.301. The van der Waals surface area contributed by atoms with Crippen molar-refractivity contribution in [2.45, 2.75) is 17.9 Å². The fourth-order valence-electron chi connectivity index (χ4n) is 2.45. The van der Waals surface area contributed by atoms with Gasteiger partial charge >= 0.3 is 0 Å². The Morgan fingerprint density at radius 1 is 1.10 bits per heavy atom. The predicted molar refractivity (Wildman–Crippen MR) is 106 cm³/mol. The van der Waals surface area contributed by atoms with E-state index in [1.54, 1.807) is 6.92 Å².